The first-order valence-corrected chi connectivity index (χ1v) is 6.25. The van der Waals surface area contributed by atoms with E-state index in [4.69, 9.17) is 0 Å². The van der Waals surface area contributed by atoms with Crippen molar-refractivity contribution in [1.29, 1.82) is 0 Å². The van der Waals surface area contributed by atoms with E-state index in [1.54, 1.807) is 18.2 Å². The van der Waals surface area contributed by atoms with Crippen molar-refractivity contribution in [3.05, 3.63) is 53.6 Å². The number of aromatic hydroxyl groups is 1. The summed E-state index contributed by atoms with van der Waals surface area (Å²) >= 11 is 0. The molecule has 0 saturated heterocycles. The highest BCUT2D eigenvalue weighted by Gasteiger charge is 2.30. The summed E-state index contributed by atoms with van der Waals surface area (Å²) in [7, 11) is 0. The van der Waals surface area contributed by atoms with Crippen molar-refractivity contribution in [2.24, 2.45) is 0 Å². The average molecular weight is 256 g/mol. The summed E-state index contributed by atoms with van der Waals surface area (Å²) in [5, 5.41) is 9.35. The number of rotatable bonds is 3. The van der Waals surface area contributed by atoms with E-state index in [1.807, 2.05) is 26.0 Å². The molecule has 1 unspecified atom stereocenters. The summed E-state index contributed by atoms with van der Waals surface area (Å²) < 4.78 is 0. The highest BCUT2D eigenvalue weighted by atomic mass is 16.3. The first-order valence-electron chi connectivity index (χ1n) is 6.25. The van der Waals surface area contributed by atoms with E-state index in [2.05, 4.69) is 0 Å². The molecule has 0 aliphatic heterocycles. The highest BCUT2D eigenvalue weighted by molar-refractivity contribution is 6.46. The van der Waals surface area contributed by atoms with Crippen LogP contribution in [0.5, 0.6) is 5.75 Å². The fraction of sp³-hybridized carbons (Fsp3) is 0.250. The van der Waals surface area contributed by atoms with Crippen LogP contribution in [0.1, 0.15) is 25.8 Å². The monoisotopic (exact) mass is 256 g/mol. The number of ketones is 2. The Kier molecular flexibility index (Phi) is 3.38. The summed E-state index contributed by atoms with van der Waals surface area (Å²) in [6.45, 7) is 4.06. The predicted octanol–water partition coefficient (Wildman–Crippen LogP) is 2.69. The molecular formula is C16H16O3. The molecular weight excluding hydrogens is 240 g/mol. The number of allylic oxidation sites excluding steroid dienone is 4. The van der Waals surface area contributed by atoms with Crippen LogP contribution in [0, 0.1) is 0 Å². The topological polar surface area (TPSA) is 54.4 Å². The fourth-order valence-corrected chi connectivity index (χ4v) is 2.26. The van der Waals surface area contributed by atoms with Crippen LogP contribution in [-0.4, -0.2) is 16.7 Å². The maximum Gasteiger partial charge on any atom is 0.226 e. The van der Waals surface area contributed by atoms with Gasteiger partial charge in [-0.3, -0.25) is 9.59 Å². The molecule has 1 aromatic carbocycles. The molecule has 3 nitrogen and oxygen atoms in total. The third-order valence-electron chi connectivity index (χ3n) is 3.79. The molecule has 1 aliphatic carbocycles. The molecule has 0 heterocycles. The second kappa shape index (κ2) is 4.84. The van der Waals surface area contributed by atoms with Crippen molar-refractivity contribution in [2.45, 2.75) is 25.7 Å². The molecule has 0 spiro atoms. The van der Waals surface area contributed by atoms with E-state index in [-0.39, 0.29) is 11.2 Å². The van der Waals surface area contributed by atoms with Gasteiger partial charge >= 0.3 is 0 Å². The average Bonchev–Trinajstić information content (AvgIpc) is 2.42. The van der Waals surface area contributed by atoms with Crippen molar-refractivity contribution in [2.75, 3.05) is 0 Å². The molecule has 0 bridgehead atoms. The number of hydrogen-bond donors (Lipinski definition) is 1. The zero-order chi connectivity index (χ0) is 14.0. The maximum absolute atomic E-state index is 11.5. The lowest BCUT2D eigenvalue weighted by molar-refractivity contribution is -0.131. The molecule has 2 rings (SSSR count). The van der Waals surface area contributed by atoms with E-state index in [9.17, 15) is 14.7 Å². The van der Waals surface area contributed by atoms with Gasteiger partial charge in [0.25, 0.3) is 0 Å². The lowest BCUT2D eigenvalue weighted by Crippen LogP contribution is -2.26. The molecule has 1 aromatic rings. The Morgan fingerprint density at radius 3 is 2.21 bits per heavy atom. The molecule has 0 aromatic heterocycles. The van der Waals surface area contributed by atoms with E-state index in [0.717, 1.165) is 17.6 Å². The third-order valence-corrected chi connectivity index (χ3v) is 3.79. The van der Waals surface area contributed by atoms with Gasteiger partial charge in [0.1, 0.15) is 5.75 Å². The minimum atomic E-state index is -0.479. The molecule has 0 fully saturated rings. The Bertz CT molecular complexity index is 579. The molecule has 98 valence electrons. The van der Waals surface area contributed by atoms with Gasteiger partial charge in [0.2, 0.25) is 11.6 Å². The van der Waals surface area contributed by atoms with E-state index in [1.165, 1.54) is 12.2 Å². The number of benzene rings is 1. The van der Waals surface area contributed by atoms with Gasteiger partial charge in [-0.25, -0.2) is 0 Å². The van der Waals surface area contributed by atoms with Crippen LogP contribution in [0.15, 0.2) is 48.1 Å². The molecule has 1 N–H and O–H groups in total. The normalized spacial score (nSPS) is 18.1. The van der Waals surface area contributed by atoms with Crippen LogP contribution in [0.2, 0.25) is 0 Å². The van der Waals surface area contributed by atoms with Crippen molar-refractivity contribution >= 4 is 11.6 Å². The van der Waals surface area contributed by atoms with Gasteiger partial charge < -0.3 is 5.11 Å². The summed E-state index contributed by atoms with van der Waals surface area (Å²) in [5.41, 5.74) is 1.48. The largest absolute Gasteiger partial charge is 0.508 e. The maximum atomic E-state index is 11.5. The predicted molar refractivity (Wildman–Crippen MR) is 73.0 cm³/mol. The molecule has 1 aliphatic rings. The minimum absolute atomic E-state index is 0.210. The Balaban J connectivity index is 2.46. The van der Waals surface area contributed by atoms with Gasteiger partial charge in [-0.1, -0.05) is 32.1 Å². The summed E-state index contributed by atoms with van der Waals surface area (Å²) in [6.07, 6.45) is 5.24. The number of carbonyl (C=O) groups is 2. The Morgan fingerprint density at radius 1 is 1.05 bits per heavy atom. The smallest absolute Gasteiger partial charge is 0.226 e. The van der Waals surface area contributed by atoms with Crippen LogP contribution in [0.25, 0.3) is 0 Å². The first-order chi connectivity index (χ1) is 8.97. The SMILES string of the molecule is CCC(C)(C1=CC(=O)C(=O)C=C1)c1ccc(O)cc1. The van der Waals surface area contributed by atoms with Gasteiger partial charge in [0.15, 0.2) is 0 Å². The molecule has 0 radical (unpaired) electrons. The standard InChI is InChI=1S/C16H16O3/c1-3-16(2,11-4-7-13(17)8-5-11)12-6-9-14(18)15(19)10-12/h4-10,17H,3H2,1-2H3. The van der Waals surface area contributed by atoms with Crippen LogP contribution in [-0.2, 0) is 15.0 Å². The Hall–Kier alpha value is -2.16. The van der Waals surface area contributed by atoms with Crippen molar-refractivity contribution < 1.29 is 14.7 Å². The van der Waals surface area contributed by atoms with Crippen molar-refractivity contribution in [3.63, 3.8) is 0 Å². The third kappa shape index (κ3) is 2.36. The van der Waals surface area contributed by atoms with E-state index < -0.39 is 11.6 Å². The van der Waals surface area contributed by atoms with Gasteiger partial charge in [-0.15, -0.1) is 0 Å². The van der Waals surface area contributed by atoms with Crippen LogP contribution in [0.3, 0.4) is 0 Å². The van der Waals surface area contributed by atoms with E-state index in [0.29, 0.717) is 0 Å². The van der Waals surface area contributed by atoms with Crippen molar-refractivity contribution in [1.82, 2.24) is 0 Å². The number of phenols is 1. The van der Waals surface area contributed by atoms with Gasteiger partial charge in [0, 0.05) is 5.41 Å². The second-order valence-corrected chi connectivity index (χ2v) is 4.89. The van der Waals surface area contributed by atoms with Gasteiger partial charge in [0.05, 0.1) is 0 Å². The molecule has 0 amide bonds. The lowest BCUT2D eigenvalue weighted by atomic mass is 9.72. The molecule has 3 heteroatoms. The van der Waals surface area contributed by atoms with Crippen LogP contribution < -0.4 is 0 Å². The number of carbonyl (C=O) groups excluding carboxylic acids is 2. The molecule has 19 heavy (non-hydrogen) atoms. The number of phenolic OH excluding ortho intramolecular Hbond substituents is 1. The Morgan fingerprint density at radius 2 is 1.68 bits per heavy atom. The second-order valence-electron chi connectivity index (χ2n) is 4.89. The quantitative estimate of drug-likeness (QED) is 0.668. The Labute approximate surface area is 112 Å². The van der Waals surface area contributed by atoms with Gasteiger partial charge in [-0.05, 0) is 41.8 Å². The van der Waals surface area contributed by atoms with Crippen LogP contribution in [0.4, 0.5) is 0 Å². The van der Waals surface area contributed by atoms with Gasteiger partial charge in [-0.2, -0.15) is 0 Å². The lowest BCUT2D eigenvalue weighted by Gasteiger charge is -2.31. The van der Waals surface area contributed by atoms with Crippen molar-refractivity contribution in [3.8, 4) is 5.75 Å². The summed E-state index contributed by atoms with van der Waals surface area (Å²) in [5.74, 6) is -0.745. The zero-order valence-corrected chi connectivity index (χ0v) is 11.0. The molecule has 0 saturated carbocycles. The fourth-order valence-electron chi connectivity index (χ4n) is 2.26. The highest BCUT2D eigenvalue weighted by Crippen LogP contribution is 2.37. The van der Waals surface area contributed by atoms with Crippen LogP contribution >= 0.6 is 0 Å². The minimum Gasteiger partial charge on any atom is -0.508 e. The molecule has 1 atom stereocenters. The summed E-state index contributed by atoms with van der Waals surface area (Å²) in [4.78, 5) is 22.8. The summed E-state index contributed by atoms with van der Waals surface area (Å²) in [6, 6.07) is 6.94. The first kappa shape index (κ1) is 13.3. The zero-order valence-electron chi connectivity index (χ0n) is 11.0. The number of hydrogen-bond acceptors (Lipinski definition) is 3. The van der Waals surface area contributed by atoms with E-state index >= 15 is 0 Å².